The van der Waals surface area contributed by atoms with E-state index in [1.54, 1.807) is 0 Å². The average Bonchev–Trinajstić information content (AvgIpc) is 1.65. The van der Waals surface area contributed by atoms with Gasteiger partial charge in [-0.1, -0.05) is 11.6 Å². The molecule has 0 aliphatic heterocycles. The largest absolute Gasteiger partial charge is 0.481 e. The Morgan fingerprint density at radius 1 is 1.75 bits per heavy atom. The summed E-state index contributed by atoms with van der Waals surface area (Å²) in [4.78, 5) is 3.08. The minimum absolute atomic E-state index is 0.315. The van der Waals surface area contributed by atoms with Crippen molar-refractivity contribution in [1.82, 2.24) is 0 Å². The first kappa shape index (κ1) is 7.10. The summed E-state index contributed by atoms with van der Waals surface area (Å²) in [5.41, 5.74) is 6.63. The van der Waals surface area contributed by atoms with Crippen LogP contribution < -0.4 is 0 Å². The van der Waals surface area contributed by atoms with E-state index >= 15 is 0 Å². The highest BCUT2D eigenvalue weighted by molar-refractivity contribution is 6.65. The quantitative estimate of drug-likeness (QED) is 0.305. The van der Waals surface area contributed by atoms with Crippen molar-refractivity contribution in [2.45, 2.75) is 0 Å². The smallest absolute Gasteiger partial charge is 0.110 e. The Morgan fingerprint density at radius 3 is 2.38 bits per heavy atom. The maximum Gasteiger partial charge on any atom is 0.110 e. The van der Waals surface area contributed by atoms with Crippen molar-refractivity contribution in [3.63, 3.8) is 0 Å². The van der Waals surface area contributed by atoms with Gasteiger partial charge in [0.25, 0.3) is 0 Å². The summed E-state index contributed by atoms with van der Waals surface area (Å²) in [5.74, 6) is -0.315. The van der Waals surface area contributed by atoms with E-state index in [9.17, 15) is 0 Å². The van der Waals surface area contributed by atoms with Gasteiger partial charge in [0.2, 0.25) is 0 Å². The first-order valence-corrected chi connectivity index (χ1v) is 2.09. The van der Waals surface area contributed by atoms with E-state index in [1.165, 1.54) is 0 Å². The molecule has 3 N–H and O–H groups in total. The zero-order chi connectivity index (χ0) is 6.57. The maximum absolute atomic E-state index is 6.63. The van der Waals surface area contributed by atoms with Crippen LogP contribution in [0.5, 0.6) is 0 Å². The molecule has 0 spiro atoms. The molecule has 0 saturated heterocycles. The number of nitrogens with zero attached hydrogens (tertiary/aromatic N) is 1. The molecule has 0 aromatic heterocycles. The summed E-state index contributed by atoms with van der Waals surface area (Å²) < 4.78 is 0. The van der Waals surface area contributed by atoms with Crippen LogP contribution in [0.2, 0.25) is 0 Å². The van der Waals surface area contributed by atoms with Crippen LogP contribution in [-0.2, 0) is 0 Å². The van der Waals surface area contributed by atoms with Gasteiger partial charge in [-0.3, -0.25) is 5.41 Å². The van der Waals surface area contributed by atoms with Gasteiger partial charge in [-0.15, -0.1) is 0 Å². The third-order valence-electron chi connectivity index (χ3n) is 0.355. The molecule has 0 bridgehead atoms. The summed E-state index contributed by atoms with van der Waals surface area (Å²) in [7, 11) is 0. The Kier molecular flexibility index (Phi) is 2.79. The number of aliphatic imine (C=N–C) groups is 1. The van der Waals surface area contributed by atoms with Crippen LogP contribution in [0.1, 0.15) is 0 Å². The molecule has 44 valence electrons. The molecule has 0 rings (SSSR count). The van der Waals surface area contributed by atoms with Gasteiger partial charge in [0.15, 0.2) is 0 Å². The second-order valence-corrected chi connectivity index (χ2v) is 1.29. The van der Waals surface area contributed by atoms with Crippen molar-refractivity contribution in [3.8, 4) is 0 Å². The van der Waals surface area contributed by atoms with Crippen molar-refractivity contribution < 1.29 is 0 Å². The standard InChI is InChI=1S/C3H4ClN4/c4-3(7)8-2(6)1-5/h1,5H,(H2-,6,7,8)/q-1. The SMILES string of the molecule is N=C/C([NH-])=N\C(=N)Cl. The van der Waals surface area contributed by atoms with Crippen molar-refractivity contribution in [1.29, 1.82) is 10.8 Å². The third kappa shape index (κ3) is 3.30. The van der Waals surface area contributed by atoms with Gasteiger partial charge in [-0.25, -0.2) is 0 Å². The Hall–Kier alpha value is -0.900. The molecular weight excluding hydrogens is 128 g/mol. The van der Waals surface area contributed by atoms with Crippen LogP contribution in [0, 0.1) is 10.8 Å². The van der Waals surface area contributed by atoms with Crippen LogP contribution in [0.4, 0.5) is 0 Å². The summed E-state index contributed by atoms with van der Waals surface area (Å²) in [6, 6.07) is 0. The topological polar surface area (TPSA) is 83.9 Å². The van der Waals surface area contributed by atoms with Gasteiger partial charge in [0.05, 0.1) is 0 Å². The zero-order valence-electron chi connectivity index (χ0n) is 3.90. The fraction of sp³-hybridized carbons (Fsp3) is 0. The lowest BCUT2D eigenvalue weighted by molar-refractivity contribution is 1.49. The fourth-order valence-electron chi connectivity index (χ4n) is 0.138. The van der Waals surface area contributed by atoms with E-state index in [4.69, 9.17) is 28.2 Å². The molecule has 8 heavy (non-hydrogen) atoms. The predicted molar refractivity (Wildman–Crippen MR) is 34.1 cm³/mol. The fourth-order valence-corrected chi connectivity index (χ4v) is 0.229. The lowest BCUT2D eigenvalue weighted by Gasteiger charge is -1.97. The van der Waals surface area contributed by atoms with Gasteiger partial charge in [0.1, 0.15) is 5.29 Å². The Labute approximate surface area is 51.4 Å². The number of hydrogen-bond donors (Lipinski definition) is 2. The van der Waals surface area contributed by atoms with Crippen LogP contribution in [-0.4, -0.2) is 17.3 Å². The molecule has 0 radical (unpaired) electrons. The van der Waals surface area contributed by atoms with Gasteiger partial charge in [-0.05, 0) is 5.84 Å². The Balaban J connectivity index is 3.94. The minimum Gasteiger partial charge on any atom is -0.481 e. The first-order chi connectivity index (χ1) is 3.66. The van der Waals surface area contributed by atoms with Crippen molar-refractivity contribution >= 4 is 28.9 Å². The number of nitrogens with one attached hydrogen (secondary N) is 3. The number of hydrogen-bond acceptors (Lipinski definition) is 2. The molecular formula is C3H4ClN4-. The van der Waals surface area contributed by atoms with Gasteiger partial charge in [0, 0.05) is 6.21 Å². The molecule has 0 atom stereocenters. The Morgan fingerprint density at radius 2 is 2.25 bits per heavy atom. The van der Waals surface area contributed by atoms with Gasteiger partial charge < -0.3 is 16.1 Å². The highest BCUT2D eigenvalue weighted by atomic mass is 35.5. The van der Waals surface area contributed by atoms with E-state index in [1.807, 2.05) is 0 Å². The second kappa shape index (κ2) is 3.15. The van der Waals surface area contributed by atoms with E-state index in [-0.39, 0.29) is 5.84 Å². The average molecular weight is 132 g/mol. The summed E-state index contributed by atoms with van der Waals surface area (Å²) in [6.45, 7) is 0. The monoisotopic (exact) mass is 131 g/mol. The molecule has 0 aliphatic carbocycles. The maximum atomic E-state index is 6.63. The van der Waals surface area contributed by atoms with Gasteiger partial charge >= 0.3 is 0 Å². The molecule has 0 aromatic carbocycles. The summed E-state index contributed by atoms with van der Waals surface area (Å²) >= 11 is 4.92. The highest BCUT2D eigenvalue weighted by Crippen LogP contribution is 1.82. The first-order valence-electron chi connectivity index (χ1n) is 1.71. The van der Waals surface area contributed by atoms with E-state index in [2.05, 4.69) is 4.99 Å². The van der Waals surface area contributed by atoms with Crippen molar-refractivity contribution in [2.24, 2.45) is 4.99 Å². The number of amidine groups is 2. The molecule has 0 saturated carbocycles. The number of rotatable bonds is 1. The van der Waals surface area contributed by atoms with Crippen LogP contribution in [0.25, 0.3) is 5.73 Å². The minimum atomic E-state index is -0.474. The lowest BCUT2D eigenvalue weighted by Crippen LogP contribution is -1.91. The van der Waals surface area contributed by atoms with E-state index in [0.717, 1.165) is 0 Å². The third-order valence-corrected chi connectivity index (χ3v) is 0.440. The lowest BCUT2D eigenvalue weighted by atomic mass is 10.7. The zero-order valence-corrected chi connectivity index (χ0v) is 4.66. The van der Waals surface area contributed by atoms with E-state index < -0.39 is 5.29 Å². The molecule has 0 aromatic rings. The Bertz CT molecular complexity index is 138. The van der Waals surface area contributed by atoms with Crippen molar-refractivity contribution in [3.05, 3.63) is 5.73 Å². The summed E-state index contributed by atoms with van der Waals surface area (Å²) in [6.07, 6.45) is 0.705. The molecule has 0 heterocycles. The molecule has 0 unspecified atom stereocenters. The van der Waals surface area contributed by atoms with Crippen LogP contribution in [0.15, 0.2) is 4.99 Å². The van der Waals surface area contributed by atoms with Gasteiger partial charge in [-0.2, -0.15) is 0 Å². The molecule has 4 nitrogen and oxygen atoms in total. The van der Waals surface area contributed by atoms with Crippen LogP contribution in [0.3, 0.4) is 0 Å². The highest BCUT2D eigenvalue weighted by Gasteiger charge is 1.71. The molecule has 0 aliphatic rings. The second-order valence-electron chi connectivity index (χ2n) is 0.932. The van der Waals surface area contributed by atoms with E-state index in [0.29, 0.717) is 6.21 Å². The number of halogens is 1. The molecule has 0 fully saturated rings. The van der Waals surface area contributed by atoms with Crippen LogP contribution >= 0.6 is 11.6 Å². The normalized spacial score (nSPS) is 10.9. The predicted octanol–water partition coefficient (Wildman–Crippen LogP) is 1.26. The van der Waals surface area contributed by atoms with Crippen molar-refractivity contribution in [2.75, 3.05) is 0 Å². The molecule has 5 heteroatoms. The molecule has 0 amide bonds. The summed E-state index contributed by atoms with van der Waals surface area (Å²) in [5, 5.41) is 12.4.